The van der Waals surface area contributed by atoms with E-state index in [4.69, 9.17) is 0 Å². The summed E-state index contributed by atoms with van der Waals surface area (Å²) < 4.78 is 42.2. The van der Waals surface area contributed by atoms with Crippen LogP contribution in [0.1, 0.15) is 27.0 Å². The standard InChI is InChI=1S/C26H28FN3O4S/c1-18-7-9-22(15-19(18)2)35(33,34)28-21-8-10-25(23(16-21)26(31)32)30-13-11-29(12-14-30)17-20-5-3-4-6-24(20)27/h3-10,15-16,28H,11-14,17H2,1-2H3,(H,31,32). The molecule has 9 heteroatoms. The van der Waals surface area contributed by atoms with Crippen LogP contribution in [-0.4, -0.2) is 50.6 Å². The SMILES string of the molecule is Cc1ccc(S(=O)(=O)Nc2ccc(N3CCN(Cc4ccccc4F)CC3)c(C(=O)O)c2)cc1C. The molecule has 0 bridgehead atoms. The predicted molar refractivity (Wildman–Crippen MR) is 134 cm³/mol. The van der Waals surface area contributed by atoms with E-state index >= 15 is 0 Å². The Kier molecular flexibility index (Phi) is 7.09. The summed E-state index contributed by atoms with van der Waals surface area (Å²) in [6.07, 6.45) is 0. The molecule has 1 saturated heterocycles. The van der Waals surface area contributed by atoms with Crippen molar-refractivity contribution >= 4 is 27.4 Å². The van der Waals surface area contributed by atoms with Gasteiger partial charge < -0.3 is 10.0 Å². The minimum Gasteiger partial charge on any atom is -0.478 e. The Labute approximate surface area is 204 Å². The van der Waals surface area contributed by atoms with Gasteiger partial charge >= 0.3 is 5.97 Å². The summed E-state index contributed by atoms with van der Waals surface area (Å²) in [6, 6.07) is 16.1. The van der Waals surface area contributed by atoms with E-state index in [0.717, 1.165) is 11.1 Å². The summed E-state index contributed by atoms with van der Waals surface area (Å²) in [6.45, 7) is 6.66. The van der Waals surface area contributed by atoms with Crippen molar-refractivity contribution in [3.05, 3.63) is 88.7 Å². The monoisotopic (exact) mass is 497 g/mol. The van der Waals surface area contributed by atoms with Gasteiger partial charge in [0.2, 0.25) is 0 Å². The first-order chi connectivity index (χ1) is 16.6. The summed E-state index contributed by atoms with van der Waals surface area (Å²) in [5.41, 5.74) is 3.19. The molecule has 7 nitrogen and oxygen atoms in total. The maximum Gasteiger partial charge on any atom is 0.337 e. The molecule has 3 aromatic carbocycles. The van der Waals surface area contributed by atoms with Crippen LogP contribution in [0.2, 0.25) is 0 Å². The number of carboxylic acid groups (broad SMARTS) is 1. The van der Waals surface area contributed by atoms with Gasteiger partial charge in [-0.15, -0.1) is 0 Å². The summed E-state index contributed by atoms with van der Waals surface area (Å²) in [7, 11) is -3.87. The van der Waals surface area contributed by atoms with Gasteiger partial charge in [-0.2, -0.15) is 0 Å². The number of nitrogens with zero attached hydrogens (tertiary/aromatic N) is 2. The molecule has 35 heavy (non-hydrogen) atoms. The first-order valence-corrected chi connectivity index (χ1v) is 12.8. The van der Waals surface area contributed by atoms with Crippen molar-refractivity contribution in [2.24, 2.45) is 0 Å². The molecule has 0 aromatic heterocycles. The lowest BCUT2D eigenvalue weighted by Gasteiger charge is -2.36. The molecule has 1 aliphatic rings. The zero-order chi connectivity index (χ0) is 25.2. The number of piperazine rings is 1. The van der Waals surface area contributed by atoms with Gasteiger partial charge in [0.15, 0.2) is 0 Å². The van der Waals surface area contributed by atoms with E-state index in [2.05, 4.69) is 9.62 Å². The van der Waals surface area contributed by atoms with E-state index in [9.17, 15) is 22.7 Å². The molecule has 1 fully saturated rings. The lowest BCUT2D eigenvalue weighted by Crippen LogP contribution is -2.46. The molecular formula is C26H28FN3O4S. The third kappa shape index (κ3) is 5.63. The molecule has 3 aromatic rings. The van der Waals surface area contributed by atoms with Crippen molar-refractivity contribution in [3.8, 4) is 0 Å². The molecule has 0 saturated carbocycles. The molecule has 2 N–H and O–H groups in total. The summed E-state index contributed by atoms with van der Waals surface area (Å²) in [5, 5.41) is 9.82. The van der Waals surface area contributed by atoms with E-state index in [1.807, 2.05) is 24.8 Å². The number of benzene rings is 3. The molecule has 0 atom stereocenters. The largest absolute Gasteiger partial charge is 0.478 e. The molecule has 0 amide bonds. The second kappa shape index (κ2) is 10.1. The van der Waals surface area contributed by atoms with Crippen molar-refractivity contribution < 1.29 is 22.7 Å². The van der Waals surface area contributed by atoms with Gasteiger partial charge in [-0.25, -0.2) is 17.6 Å². The summed E-state index contributed by atoms with van der Waals surface area (Å²) >= 11 is 0. The van der Waals surface area contributed by atoms with Gasteiger partial charge in [0.05, 0.1) is 16.1 Å². The Balaban J connectivity index is 1.48. The maximum atomic E-state index is 14.0. The van der Waals surface area contributed by atoms with Crippen molar-refractivity contribution in [2.75, 3.05) is 35.8 Å². The smallest absolute Gasteiger partial charge is 0.337 e. The highest BCUT2D eigenvalue weighted by Gasteiger charge is 2.23. The van der Waals surface area contributed by atoms with Crippen molar-refractivity contribution in [1.82, 2.24) is 4.90 Å². The second-order valence-electron chi connectivity index (χ2n) is 8.74. The number of halogens is 1. The molecule has 4 rings (SSSR count). The topological polar surface area (TPSA) is 90.0 Å². The highest BCUT2D eigenvalue weighted by molar-refractivity contribution is 7.92. The Morgan fingerprint density at radius 2 is 1.69 bits per heavy atom. The van der Waals surface area contributed by atoms with E-state index in [1.165, 1.54) is 18.2 Å². The fraction of sp³-hybridized carbons (Fsp3) is 0.269. The lowest BCUT2D eigenvalue weighted by molar-refractivity contribution is 0.0697. The summed E-state index contributed by atoms with van der Waals surface area (Å²) in [4.78, 5) is 16.2. The molecule has 1 heterocycles. The number of nitrogens with one attached hydrogen (secondary N) is 1. The quantitative estimate of drug-likeness (QED) is 0.507. The van der Waals surface area contributed by atoms with Gasteiger partial charge in [0.1, 0.15) is 5.82 Å². The van der Waals surface area contributed by atoms with Crippen LogP contribution in [-0.2, 0) is 16.6 Å². The Hall–Kier alpha value is -3.43. The average molecular weight is 498 g/mol. The third-order valence-electron chi connectivity index (χ3n) is 6.33. The number of hydrogen-bond donors (Lipinski definition) is 2. The molecule has 0 aliphatic carbocycles. The molecule has 0 radical (unpaired) electrons. The van der Waals surface area contributed by atoms with Crippen LogP contribution >= 0.6 is 0 Å². The van der Waals surface area contributed by atoms with Gasteiger partial charge in [0, 0.05) is 44.0 Å². The number of hydrogen-bond acceptors (Lipinski definition) is 5. The fourth-order valence-electron chi connectivity index (χ4n) is 4.16. The number of rotatable bonds is 7. The molecule has 0 unspecified atom stereocenters. The Morgan fingerprint density at radius 3 is 2.34 bits per heavy atom. The molecular weight excluding hydrogens is 469 g/mol. The van der Waals surface area contributed by atoms with E-state index < -0.39 is 16.0 Å². The first kappa shape index (κ1) is 24.7. The highest BCUT2D eigenvalue weighted by atomic mass is 32.2. The van der Waals surface area contributed by atoms with E-state index in [-0.39, 0.29) is 22.0 Å². The van der Waals surface area contributed by atoms with E-state index in [1.54, 1.807) is 36.4 Å². The van der Waals surface area contributed by atoms with Crippen LogP contribution in [0, 0.1) is 19.7 Å². The van der Waals surface area contributed by atoms with Crippen LogP contribution in [0.5, 0.6) is 0 Å². The van der Waals surface area contributed by atoms with Crippen LogP contribution in [0.4, 0.5) is 15.8 Å². The Bertz CT molecular complexity index is 1350. The molecule has 1 aliphatic heterocycles. The van der Waals surface area contributed by atoms with Gasteiger partial charge in [-0.1, -0.05) is 24.3 Å². The van der Waals surface area contributed by atoms with Crippen LogP contribution < -0.4 is 9.62 Å². The Morgan fingerprint density at radius 1 is 0.971 bits per heavy atom. The molecule has 184 valence electrons. The molecule has 0 spiro atoms. The van der Waals surface area contributed by atoms with Crippen molar-refractivity contribution in [2.45, 2.75) is 25.3 Å². The predicted octanol–water partition coefficient (Wildman–Crippen LogP) is 4.26. The number of sulfonamides is 1. The zero-order valence-electron chi connectivity index (χ0n) is 19.7. The number of carbonyl (C=O) groups is 1. The highest BCUT2D eigenvalue weighted by Crippen LogP contribution is 2.28. The van der Waals surface area contributed by atoms with Crippen LogP contribution in [0.25, 0.3) is 0 Å². The van der Waals surface area contributed by atoms with Gasteiger partial charge in [-0.3, -0.25) is 9.62 Å². The minimum atomic E-state index is -3.87. The van der Waals surface area contributed by atoms with E-state index in [0.29, 0.717) is 44.0 Å². The van der Waals surface area contributed by atoms with Crippen LogP contribution in [0.3, 0.4) is 0 Å². The maximum absolute atomic E-state index is 14.0. The number of aryl methyl sites for hydroxylation is 2. The van der Waals surface area contributed by atoms with Gasteiger partial charge in [-0.05, 0) is 61.4 Å². The number of aromatic carboxylic acids is 1. The average Bonchev–Trinajstić information content (AvgIpc) is 2.82. The number of anilines is 2. The number of carboxylic acids is 1. The van der Waals surface area contributed by atoms with Crippen molar-refractivity contribution in [1.29, 1.82) is 0 Å². The van der Waals surface area contributed by atoms with Crippen LogP contribution in [0.15, 0.2) is 65.6 Å². The summed E-state index contributed by atoms with van der Waals surface area (Å²) in [5.74, 6) is -1.37. The lowest BCUT2D eigenvalue weighted by atomic mass is 10.1. The second-order valence-corrected chi connectivity index (χ2v) is 10.4. The normalized spacial score (nSPS) is 14.7. The van der Waals surface area contributed by atoms with Gasteiger partial charge in [0.25, 0.3) is 10.0 Å². The third-order valence-corrected chi connectivity index (χ3v) is 7.71. The first-order valence-electron chi connectivity index (χ1n) is 11.3. The zero-order valence-corrected chi connectivity index (χ0v) is 20.5. The fourth-order valence-corrected chi connectivity index (χ4v) is 5.29. The van der Waals surface area contributed by atoms with Crippen molar-refractivity contribution in [3.63, 3.8) is 0 Å². The minimum absolute atomic E-state index is 0.0211.